The standard InChI is InChI=1S/C12H17BrClNO2S/c1-2-12(10-4-6-11(13)7-5-10)15-18(16,17)9-3-8-14/h4-7,12,15H,2-3,8-9H2,1H3. The maximum Gasteiger partial charge on any atom is 0.212 e. The van der Waals surface area contributed by atoms with E-state index >= 15 is 0 Å². The van der Waals surface area contributed by atoms with Crippen LogP contribution in [-0.2, 0) is 10.0 Å². The second kappa shape index (κ2) is 7.48. The first kappa shape index (κ1) is 16.0. The van der Waals surface area contributed by atoms with Gasteiger partial charge in [0.15, 0.2) is 0 Å². The highest BCUT2D eigenvalue weighted by atomic mass is 79.9. The zero-order chi connectivity index (χ0) is 13.6. The topological polar surface area (TPSA) is 46.2 Å². The van der Waals surface area contributed by atoms with E-state index in [0.717, 1.165) is 10.0 Å². The number of sulfonamides is 1. The van der Waals surface area contributed by atoms with E-state index in [1.165, 1.54) is 0 Å². The molecule has 0 radical (unpaired) electrons. The minimum atomic E-state index is -3.26. The van der Waals surface area contributed by atoms with Gasteiger partial charge in [0.25, 0.3) is 0 Å². The number of hydrogen-bond donors (Lipinski definition) is 1. The van der Waals surface area contributed by atoms with Crippen LogP contribution in [0.5, 0.6) is 0 Å². The molecule has 1 atom stereocenters. The third kappa shape index (κ3) is 5.26. The Bertz CT molecular complexity index is 461. The maximum absolute atomic E-state index is 11.8. The van der Waals surface area contributed by atoms with Crippen molar-refractivity contribution in [1.82, 2.24) is 4.72 Å². The minimum absolute atomic E-state index is 0.0729. The average molecular weight is 355 g/mol. The lowest BCUT2D eigenvalue weighted by Crippen LogP contribution is -2.30. The molecule has 0 amide bonds. The summed E-state index contributed by atoms with van der Waals surface area (Å²) >= 11 is 8.87. The van der Waals surface area contributed by atoms with Gasteiger partial charge in [-0.1, -0.05) is 35.0 Å². The Hall–Kier alpha value is -0.100. The van der Waals surface area contributed by atoms with Crippen LogP contribution in [0.25, 0.3) is 0 Å². The van der Waals surface area contributed by atoms with Crippen LogP contribution in [0.2, 0.25) is 0 Å². The molecule has 1 rings (SSSR count). The molecule has 1 unspecified atom stereocenters. The monoisotopic (exact) mass is 353 g/mol. The Morgan fingerprint density at radius 1 is 1.33 bits per heavy atom. The van der Waals surface area contributed by atoms with E-state index in [2.05, 4.69) is 20.7 Å². The van der Waals surface area contributed by atoms with Gasteiger partial charge in [0.2, 0.25) is 10.0 Å². The number of benzene rings is 1. The molecule has 0 aliphatic carbocycles. The largest absolute Gasteiger partial charge is 0.212 e. The van der Waals surface area contributed by atoms with Crippen molar-refractivity contribution in [3.8, 4) is 0 Å². The molecule has 6 heteroatoms. The fourth-order valence-electron chi connectivity index (χ4n) is 1.60. The van der Waals surface area contributed by atoms with Gasteiger partial charge in [0.05, 0.1) is 5.75 Å². The van der Waals surface area contributed by atoms with Gasteiger partial charge < -0.3 is 0 Å². The Kier molecular flexibility index (Phi) is 6.63. The van der Waals surface area contributed by atoms with Crippen LogP contribution in [0.1, 0.15) is 31.4 Å². The van der Waals surface area contributed by atoms with Crippen LogP contribution >= 0.6 is 27.5 Å². The fraction of sp³-hybridized carbons (Fsp3) is 0.500. The van der Waals surface area contributed by atoms with Crippen LogP contribution < -0.4 is 4.72 Å². The Morgan fingerprint density at radius 2 is 1.94 bits per heavy atom. The quantitative estimate of drug-likeness (QED) is 0.762. The molecule has 0 bridgehead atoms. The highest BCUT2D eigenvalue weighted by Gasteiger charge is 2.17. The van der Waals surface area contributed by atoms with Gasteiger partial charge in [0.1, 0.15) is 0 Å². The molecule has 1 aromatic carbocycles. The highest BCUT2D eigenvalue weighted by molar-refractivity contribution is 9.10. The number of halogens is 2. The second-order valence-electron chi connectivity index (χ2n) is 3.99. The van der Waals surface area contributed by atoms with E-state index in [1.54, 1.807) is 0 Å². The van der Waals surface area contributed by atoms with Gasteiger partial charge in [-0.2, -0.15) is 0 Å². The summed E-state index contributed by atoms with van der Waals surface area (Å²) < 4.78 is 27.3. The van der Waals surface area contributed by atoms with Gasteiger partial charge in [-0.05, 0) is 30.5 Å². The molecule has 3 nitrogen and oxygen atoms in total. The summed E-state index contributed by atoms with van der Waals surface area (Å²) in [6.07, 6.45) is 1.18. The number of nitrogens with one attached hydrogen (secondary N) is 1. The SMILES string of the molecule is CCC(NS(=O)(=O)CCCCl)c1ccc(Br)cc1. The van der Waals surface area contributed by atoms with Crippen LogP contribution in [0.4, 0.5) is 0 Å². The third-order valence-electron chi connectivity index (χ3n) is 2.55. The molecule has 1 N–H and O–H groups in total. The summed E-state index contributed by atoms with van der Waals surface area (Å²) in [5.74, 6) is 0.430. The summed E-state index contributed by atoms with van der Waals surface area (Å²) in [5.41, 5.74) is 0.968. The fourth-order valence-corrected chi connectivity index (χ4v) is 3.54. The van der Waals surface area contributed by atoms with E-state index in [9.17, 15) is 8.42 Å². The van der Waals surface area contributed by atoms with Gasteiger partial charge in [-0.15, -0.1) is 11.6 Å². The molecule has 0 heterocycles. The van der Waals surface area contributed by atoms with E-state index in [4.69, 9.17) is 11.6 Å². The van der Waals surface area contributed by atoms with Crippen molar-refractivity contribution in [2.75, 3.05) is 11.6 Å². The molecule has 102 valence electrons. The number of alkyl halides is 1. The molecule has 0 aromatic heterocycles. The zero-order valence-corrected chi connectivity index (χ0v) is 13.4. The molecule has 0 spiro atoms. The number of rotatable bonds is 7. The minimum Gasteiger partial charge on any atom is -0.212 e. The first-order valence-electron chi connectivity index (χ1n) is 5.80. The van der Waals surface area contributed by atoms with Crippen LogP contribution in [0.15, 0.2) is 28.7 Å². The first-order chi connectivity index (χ1) is 8.48. The molecule has 18 heavy (non-hydrogen) atoms. The van der Waals surface area contributed by atoms with Gasteiger partial charge >= 0.3 is 0 Å². The zero-order valence-electron chi connectivity index (χ0n) is 10.2. The number of hydrogen-bond acceptors (Lipinski definition) is 2. The molecular formula is C12H17BrClNO2S. The van der Waals surface area contributed by atoms with E-state index in [1.807, 2.05) is 31.2 Å². The average Bonchev–Trinajstić information content (AvgIpc) is 2.35. The summed E-state index contributed by atoms with van der Waals surface area (Å²) in [6.45, 7) is 1.96. The Labute approximate surface area is 122 Å². The molecule has 0 aliphatic rings. The third-order valence-corrected chi connectivity index (χ3v) is 4.81. The highest BCUT2D eigenvalue weighted by Crippen LogP contribution is 2.20. The summed E-state index contributed by atoms with van der Waals surface area (Å²) in [5, 5.41) is 0. The van der Waals surface area contributed by atoms with E-state index in [-0.39, 0.29) is 11.8 Å². The van der Waals surface area contributed by atoms with E-state index in [0.29, 0.717) is 18.7 Å². The Morgan fingerprint density at radius 3 is 2.44 bits per heavy atom. The van der Waals surface area contributed by atoms with Crippen LogP contribution in [-0.4, -0.2) is 20.1 Å². The van der Waals surface area contributed by atoms with Crippen molar-refractivity contribution >= 4 is 37.6 Å². The van der Waals surface area contributed by atoms with Crippen molar-refractivity contribution in [3.63, 3.8) is 0 Å². The van der Waals surface area contributed by atoms with Crippen molar-refractivity contribution < 1.29 is 8.42 Å². The van der Waals surface area contributed by atoms with Gasteiger partial charge in [-0.3, -0.25) is 0 Å². The van der Waals surface area contributed by atoms with Crippen LogP contribution in [0.3, 0.4) is 0 Å². The lowest BCUT2D eigenvalue weighted by atomic mass is 10.1. The second-order valence-corrected chi connectivity index (χ2v) is 7.16. The molecule has 0 fully saturated rings. The summed E-state index contributed by atoms with van der Waals surface area (Å²) in [6, 6.07) is 7.47. The lowest BCUT2D eigenvalue weighted by molar-refractivity contribution is 0.549. The molecule has 1 aromatic rings. The lowest BCUT2D eigenvalue weighted by Gasteiger charge is -2.17. The van der Waals surface area contributed by atoms with Gasteiger partial charge in [-0.25, -0.2) is 13.1 Å². The molecular weight excluding hydrogens is 338 g/mol. The molecule has 0 saturated carbocycles. The van der Waals surface area contributed by atoms with Crippen molar-refractivity contribution in [2.24, 2.45) is 0 Å². The predicted molar refractivity (Wildman–Crippen MR) is 79.4 cm³/mol. The maximum atomic E-state index is 11.8. The van der Waals surface area contributed by atoms with Crippen LogP contribution in [0, 0.1) is 0 Å². The summed E-state index contributed by atoms with van der Waals surface area (Å²) in [4.78, 5) is 0. The molecule has 0 saturated heterocycles. The smallest absolute Gasteiger partial charge is 0.212 e. The predicted octanol–water partition coefficient (Wildman–Crippen LogP) is 3.45. The van der Waals surface area contributed by atoms with Crippen molar-refractivity contribution in [2.45, 2.75) is 25.8 Å². The normalized spacial score (nSPS) is 13.5. The Balaban J connectivity index is 2.76. The van der Waals surface area contributed by atoms with Crippen molar-refractivity contribution in [1.29, 1.82) is 0 Å². The van der Waals surface area contributed by atoms with Crippen molar-refractivity contribution in [3.05, 3.63) is 34.3 Å². The first-order valence-corrected chi connectivity index (χ1v) is 8.78. The summed E-state index contributed by atoms with van der Waals surface area (Å²) in [7, 11) is -3.26. The van der Waals surface area contributed by atoms with Gasteiger partial charge in [0, 0.05) is 16.4 Å². The molecule has 0 aliphatic heterocycles. The van der Waals surface area contributed by atoms with E-state index < -0.39 is 10.0 Å².